The van der Waals surface area contributed by atoms with Crippen molar-refractivity contribution >= 4 is 69.6 Å². The van der Waals surface area contributed by atoms with Gasteiger partial charge in [0.05, 0.1) is 11.8 Å². The summed E-state index contributed by atoms with van der Waals surface area (Å²) in [6, 6.07) is 34.1. The van der Waals surface area contributed by atoms with Gasteiger partial charge in [-0.1, -0.05) is 167 Å². The van der Waals surface area contributed by atoms with Crippen LogP contribution >= 0.6 is 69.6 Å². The lowest BCUT2D eigenvalue weighted by molar-refractivity contribution is 0.464. The summed E-state index contributed by atoms with van der Waals surface area (Å²) in [4.78, 5) is 0. The molecular formula is C28H20Cl6O. The molecule has 0 aliphatic carbocycles. The van der Waals surface area contributed by atoms with Crippen molar-refractivity contribution in [3.63, 3.8) is 0 Å². The normalized spacial score (nSPS) is 13.8. The summed E-state index contributed by atoms with van der Waals surface area (Å²) in [5.41, 5.74) is 3.14. The molecule has 0 aromatic heterocycles. The molecule has 180 valence electrons. The third-order valence-corrected chi connectivity index (χ3v) is 6.91. The standard InChI is InChI=1S/C28H20Cl6O/c29-27(30,31)25(19-11-3-1-4-12-19)21-15-7-9-17-23(21)35-24-18-10-8-16-22(24)26(28(32,33)34)20-13-5-2-6-14-20/h1-18,25-26H. The summed E-state index contributed by atoms with van der Waals surface area (Å²) in [6.07, 6.45) is 0. The zero-order valence-corrected chi connectivity index (χ0v) is 22.8. The minimum absolute atomic E-state index is 0.538. The molecule has 0 N–H and O–H groups in total. The van der Waals surface area contributed by atoms with Crippen molar-refractivity contribution in [1.29, 1.82) is 0 Å². The topological polar surface area (TPSA) is 9.23 Å². The molecule has 0 aliphatic rings. The van der Waals surface area contributed by atoms with Gasteiger partial charge in [-0.15, -0.1) is 0 Å². The molecule has 0 bridgehead atoms. The molecular weight excluding hydrogens is 565 g/mol. The Bertz CT molecular complexity index is 1150. The molecule has 0 amide bonds. The number of benzene rings is 4. The first kappa shape index (κ1) is 26.5. The van der Waals surface area contributed by atoms with Crippen LogP contribution < -0.4 is 4.74 Å². The summed E-state index contributed by atoms with van der Waals surface area (Å²) in [7, 11) is 0. The van der Waals surface area contributed by atoms with Gasteiger partial charge >= 0.3 is 0 Å². The van der Waals surface area contributed by atoms with Crippen molar-refractivity contribution in [3.05, 3.63) is 131 Å². The number of hydrogen-bond acceptors (Lipinski definition) is 1. The highest BCUT2D eigenvalue weighted by molar-refractivity contribution is 6.68. The van der Waals surface area contributed by atoms with Crippen LogP contribution in [0.3, 0.4) is 0 Å². The first-order valence-corrected chi connectivity index (χ1v) is 13.0. The third-order valence-electron chi connectivity index (χ3n) is 5.60. The smallest absolute Gasteiger partial charge is 0.201 e. The van der Waals surface area contributed by atoms with E-state index in [2.05, 4.69) is 0 Å². The summed E-state index contributed by atoms with van der Waals surface area (Å²) >= 11 is 38.9. The van der Waals surface area contributed by atoms with E-state index in [0.29, 0.717) is 11.5 Å². The molecule has 4 rings (SSSR count). The zero-order chi connectivity index (χ0) is 25.1. The fourth-order valence-corrected chi connectivity index (χ4v) is 5.58. The van der Waals surface area contributed by atoms with Crippen molar-refractivity contribution < 1.29 is 4.74 Å². The van der Waals surface area contributed by atoms with Crippen molar-refractivity contribution in [3.8, 4) is 11.5 Å². The molecule has 0 fully saturated rings. The van der Waals surface area contributed by atoms with Gasteiger partial charge in [-0.2, -0.15) is 0 Å². The largest absolute Gasteiger partial charge is 0.457 e. The molecule has 0 saturated heterocycles. The molecule has 2 atom stereocenters. The van der Waals surface area contributed by atoms with E-state index in [4.69, 9.17) is 74.3 Å². The average Bonchev–Trinajstić information content (AvgIpc) is 2.81. The van der Waals surface area contributed by atoms with Gasteiger partial charge < -0.3 is 4.74 Å². The number of para-hydroxylation sites is 2. The quantitative estimate of drug-likeness (QED) is 0.205. The monoisotopic (exact) mass is 582 g/mol. The minimum atomic E-state index is -1.62. The molecule has 0 radical (unpaired) electrons. The molecule has 35 heavy (non-hydrogen) atoms. The van der Waals surface area contributed by atoms with Crippen molar-refractivity contribution in [2.24, 2.45) is 0 Å². The SMILES string of the molecule is ClC(Cl)(Cl)C(c1ccccc1)c1ccccc1Oc1ccccc1C(c1ccccc1)C(Cl)(Cl)Cl. The van der Waals surface area contributed by atoms with Crippen molar-refractivity contribution in [2.45, 2.75) is 19.4 Å². The van der Waals surface area contributed by atoms with Gasteiger partial charge in [0.1, 0.15) is 11.5 Å². The number of ether oxygens (including phenoxy) is 1. The number of halogens is 6. The van der Waals surface area contributed by atoms with Crippen LogP contribution in [0, 0.1) is 0 Å². The van der Waals surface area contributed by atoms with E-state index < -0.39 is 19.4 Å². The highest BCUT2D eigenvalue weighted by atomic mass is 35.6. The fourth-order valence-electron chi connectivity index (χ4n) is 4.12. The van der Waals surface area contributed by atoms with Gasteiger partial charge in [0.25, 0.3) is 0 Å². The molecule has 0 heterocycles. The summed E-state index contributed by atoms with van der Waals surface area (Å²) in [5.74, 6) is -0.0715. The molecule has 4 aromatic rings. The second-order valence-electron chi connectivity index (χ2n) is 7.95. The second kappa shape index (κ2) is 11.2. The fraction of sp³-hybridized carbons (Fsp3) is 0.143. The van der Waals surface area contributed by atoms with E-state index in [1.807, 2.05) is 109 Å². The van der Waals surface area contributed by atoms with Crippen molar-refractivity contribution in [2.75, 3.05) is 0 Å². The maximum atomic E-state index is 6.49. The third kappa shape index (κ3) is 6.41. The molecule has 1 nitrogen and oxygen atoms in total. The lowest BCUT2D eigenvalue weighted by atomic mass is 9.91. The Balaban J connectivity index is 1.82. The van der Waals surface area contributed by atoms with Gasteiger partial charge in [0.15, 0.2) is 0 Å². The summed E-state index contributed by atoms with van der Waals surface area (Å²) in [5, 5.41) is 0. The van der Waals surface area contributed by atoms with Gasteiger partial charge in [-0.05, 0) is 23.3 Å². The maximum Gasteiger partial charge on any atom is 0.201 e. The Morgan fingerprint density at radius 3 is 1.09 bits per heavy atom. The predicted molar refractivity (Wildman–Crippen MR) is 150 cm³/mol. The lowest BCUT2D eigenvalue weighted by Gasteiger charge is -2.29. The number of rotatable bonds is 6. The Morgan fingerprint density at radius 1 is 0.429 bits per heavy atom. The van der Waals surface area contributed by atoms with Gasteiger partial charge in [-0.3, -0.25) is 0 Å². The van der Waals surface area contributed by atoms with Gasteiger partial charge in [0.2, 0.25) is 7.59 Å². The first-order valence-electron chi connectivity index (χ1n) is 10.8. The highest BCUT2D eigenvalue weighted by Gasteiger charge is 2.39. The summed E-state index contributed by atoms with van der Waals surface area (Å²) < 4.78 is 3.24. The van der Waals surface area contributed by atoms with Crippen LogP contribution in [0.25, 0.3) is 0 Å². The van der Waals surface area contributed by atoms with Crippen LogP contribution in [-0.2, 0) is 0 Å². The highest BCUT2D eigenvalue weighted by Crippen LogP contribution is 2.51. The van der Waals surface area contributed by atoms with Crippen LogP contribution in [-0.4, -0.2) is 7.59 Å². The van der Waals surface area contributed by atoms with E-state index in [9.17, 15) is 0 Å². The number of hydrogen-bond donors (Lipinski definition) is 0. The molecule has 0 spiro atoms. The number of alkyl halides is 6. The molecule has 2 unspecified atom stereocenters. The van der Waals surface area contributed by atoms with Gasteiger partial charge in [0, 0.05) is 11.1 Å². The first-order chi connectivity index (χ1) is 16.7. The Hall–Kier alpha value is -1.58. The van der Waals surface area contributed by atoms with Gasteiger partial charge in [-0.25, -0.2) is 0 Å². The maximum absolute atomic E-state index is 6.49. The lowest BCUT2D eigenvalue weighted by Crippen LogP contribution is -2.20. The zero-order valence-electron chi connectivity index (χ0n) is 18.2. The molecule has 0 aliphatic heterocycles. The van der Waals surface area contributed by atoms with E-state index in [1.54, 1.807) is 0 Å². The molecule has 4 aromatic carbocycles. The predicted octanol–water partition coefficient (Wildman–Crippen LogP) is 10.5. The van der Waals surface area contributed by atoms with Crippen LogP contribution in [0.15, 0.2) is 109 Å². The second-order valence-corrected chi connectivity index (χ2v) is 12.7. The Kier molecular flexibility index (Phi) is 8.49. The van der Waals surface area contributed by atoms with E-state index >= 15 is 0 Å². The Morgan fingerprint density at radius 2 is 0.743 bits per heavy atom. The Labute approximate surface area is 235 Å². The van der Waals surface area contributed by atoms with Crippen LogP contribution in [0.5, 0.6) is 11.5 Å². The average molecular weight is 585 g/mol. The van der Waals surface area contributed by atoms with E-state index in [0.717, 1.165) is 22.3 Å². The minimum Gasteiger partial charge on any atom is -0.457 e. The summed E-state index contributed by atoms with van der Waals surface area (Å²) in [6.45, 7) is 0. The molecule has 0 saturated carbocycles. The van der Waals surface area contributed by atoms with Crippen LogP contribution in [0.2, 0.25) is 0 Å². The van der Waals surface area contributed by atoms with E-state index in [1.165, 1.54) is 0 Å². The van der Waals surface area contributed by atoms with E-state index in [-0.39, 0.29) is 0 Å². The van der Waals surface area contributed by atoms with Crippen molar-refractivity contribution in [1.82, 2.24) is 0 Å². The van der Waals surface area contributed by atoms with Crippen LogP contribution in [0.1, 0.15) is 34.1 Å². The molecule has 7 heteroatoms. The van der Waals surface area contributed by atoms with Crippen LogP contribution in [0.4, 0.5) is 0 Å².